The first-order valence-corrected chi connectivity index (χ1v) is 2.51. The molecule has 11 heavy (non-hydrogen) atoms. The Morgan fingerprint density at radius 1 is 1.64 bits per heavy atom. The van der Waals surface area contributed by atoms with E-state index in [1.54, 1.807) is 0 Å². The molecule has 6 heteroatoms. The van der Waals surface area contributed by atoms with Gasteiger partial charge in [-0.25, -0.2) is 0 Å². The Kier molecular flexibility index (Phi) is 6.95. The fourth-order valence-electron chi connectivity index (χ4n) is 0.627. The third-order valence-electron chi connectivity index (χ3n) is 1.08. The molecule has 0 aliphatic carbocycles. The van der Waals surface area contributed by atoms with Crippen molar-refractivity contribution in [2.75, 3.05) is 0 Å². The van der Waals surface area contributed by atoms with E-state index in [0.29, 0.717) is 0 Å². The van der Waals surface area contributed by atoms with Crippen molar-refractivity contribution in [3.63, 3.8) is 0 Å². The number of hydrogen-bond acceptors (Lipinski definition) is 2. The standard InChI is InChI=1S/C5H6NO3.2Li/c7-4-2-1-3(6-4)5(8)9;;/h2-3H,1H2,(H2,6,7,8,9);;/q-1;2*+1/p-1. The van der Waals surface area contributed by atoms with Crippen molar-refractivity contribution in [2.45, 2.75) is 12.5 Å². The average Bonchev–Trinajstić information content (AvgIpc) is 2.14. The van der Waals surface area contributed by atoms with E-state index >= 15 is 0 Å². The van der Waals surface area contributed by atoms with Crippen molar-refractivity contribution in [1.82, 2.24) is 0 Å². The van der Waals surface area contributed by atoms with Crippen LogP contribution in [-0.2, 0) is 9.59 Å². The molecule has 0 aromatic rings. The number of carboxylic acid groups (broad SMARTS) is 1. The van der Waals surface area contributed by atoms with Crippen LogP contribution in [0.4, 0.5) is 0 Å². The van der Waals surface area contributed by atoms with Gasteiger partial charge in [-0.1, -0.05) is 5.91 Å². The van der Waals surface area contributed by atoms with Crippen molar-refractivity contribution in [2.24, 2.45) is 0 Å². The number of rotatable bonds is 1. The fraction of sp³-hybridized carbons (Fsp3) is 0.400. The van der Waals surface area contributed by atoms with E-state index in [0.717, 1.165) is 0 Å². The first kappa shape index (κ1) is 13.6. The predicted octanol–water partition coefficient (Wildman–Crippen LogP) is -6.04. The molecule has 1 fully saturated rings. The summed E-state index contributed by atoms with van der Waals surface area (Å²) < 4.78 is 0. The maximum absolute atomic E-state index is 10.3. The normalized spacial score (nSPS) is 20.4. The van der Waals surface area contributed by atoms with E-state index < -0.39 is 17.9 Å². The van der Waals surface area contributed by atoms with Crippen LogP contribution in [0.25, 0.3) is 5.32 Å². The second-order valence-corrected chi connectivity index (χ2v) is 1.76. The molecule has 1 aliphatic heterocycles. The van der Waals surface area contributed by atoms with Crippen molar-refractivity contribution >= 4 is 11.9 Å². The average molecular weight is 141 g/mol. The number of hydrogen-bond donors (Lipinski definition) is 1. The number of nitrogens with zero attached hydrogens (tertiary/aromatic N) is 1. The van der Waals surface area contributed by atoms with Gasteiger partial charge >= 0.3 is 37.7 Å². The van der Waals surface area contributed by atoms with Crippen LogP contribution in [0.5, 0.6) is 0 Å². The van der Waals surface area contributed by atoms with Crippen LogP contribution in [0.1, 0.15) is 6.42 Å². The summed E-state index contributed by atoms with van der Waals surface area (Å²) in [4.78, 5) is 20.4. The molecule has 0 radical (unpaired) electrons. The smallest absolute Gasteiger partial charge is 0.670 e. The van der Waals surface area contributed by atoms with Gasteiger partial charge in [-0.2, -0.15) is 6.42 Å². The van der Waals surface area contributed by atoms with Crippen LogP contribution < -0.4 is 37.7 Å². The van der Waals surface area contributed by atoms with Crippen LogP contribution >= 0.6 is 0 Å². The Balaban J connectivity index is 0. The van der Waals surface area contributed by atoms with Gasteiger partial charge in [-0.05, 0) is 6.04 Å². The van der Waals surface area contributed by atoms with Crippen LogP contribution in [0.2, 0.25) is 0 Å². The Morgan fingerprint density at radius 2 is 2.18 bits per heavy atom. The zero-order valence-corrected chi connectivity index (χ0v) is 6.57. The molecule has 0 saturated carbocycles. The summed E-state index contributed by atoms with van der Waals surface area (Å²) in [7, 11) is 0. The summed E-state index contributed by atoms with van der Waals surface area (Å²) in [5.74, 6) is -1.44. The van der Waals surface area contributed by atoms with E-state index in [4.69, 9.17) is 5.11 Å². The number of carbonyl (C=O) groups is 2. The molecule has 1 N–H and O–H groups in total. The van der Waals surface area contributed by atoms with Crippen LogP contribution in [-0.4, -0.2) is 23.0 Å². The van der Waals surface area contributed by atoms with Gasteiger partial charge in [-0.15, -0.1) is 0 Å². The van der Waals surface area contributed by atoms with Gasteiger partial charge in [0.25, 0.3) is 5.97 Å². The minimum absolute atomic E-state index is 0. The number of carboxylic acids is 1. The summed E-state index contributed by atoms with van der Waals surface area (Å²) in [6.07, 6.45) is 1.52. The summed E-state index contributed by atoms with van der Waals surface area (Å²) in [5.41, 5.74) is 0. The van der Waals surface area contributed by atoms with E-state index in [2.05, 4.69) is 5.32 Å². The van der Waals surface area contributed by atoms with Gasteiger partial charge in [0.2, 0.25) is 0 Å². The van der Waals surface area contributed by atoms with Crippen LogP contribution in [0, 0.1) is 6.42 Å². The minimum Gasteiger partial charge on any atom is -0.670 e. The van der Waals surface area contributed by atoms with E-state index in [1.807, 2.05) is 0 Å². The molecular weight excluding hydrogens is 136 g/mol. The van der Waals surface area contributed by atoms with E-state index in [9.17, 15) is 9.59 Å². The van der Waals surface area contributed by atoms with Crippen molar-refractivity contribution < 1.29 is 52.4 Å². The molecule has 50 valence electrons. The van der Waals surface area contributed by atoms with Gasteiger partial charge in [0.1, 0.15) is 0 Å². The largest absolute Gasteiger partial charge is 1.00 e. The maximum Gasteiger partial charge on any atom is 1.00 e. The zero-order valence-electron chi connectivity index (χ0n) is 6.57. The van der Waals surface area contributed by atoms with Crippen molar-refractivity contribution in [1.29, 1.82) is 0 Å². The molecule has 1 unspecified atom stereocenters. The summed E-state index contributed by atoms with van der Waals surface area (Å²) >= 11 is 0. The first-order chi connectivity index (χ1) is 4.20. The van der Waals surface area contributed by atoms with E-state index in [1.165, 1.54) is 6.42 Å². The van der Waals surface area contributed by atoms with Gasteiger partial charge in [0, 0.05) is 0 Å². The topological polar surface area (TPSA) is 68.5 Å². The molecule has 1 atom stereocenters. The molecule has 0 bridgehead atoms. The second kappa shape index (κ2) is 5.63. The molecule has 1 aliphatic rings. The van der Waals surface area contributed by atoms with Crippen molar-refractivity contribution in [3.05, 3.63) is 11.7 Å². The Labute approximate surface area is 88.5 Å². The van der Waals surface area contributed by atoms with Gasteiger partial charge < -0.3 is 21.6 Å². The van der Waals surface area contributed by atoms with Crippen LogP contribution in [0.15, 0.2) is 0 Å². The fourth-order valence-corrected chi connectivity index (χ4v) is 0.627. The summed E-state index contributed by atoms with van der Waals surface area (Å²) in [6.45, 7) is 0. The molecule has 1 heterocycles. The van der Waals surface area contributed by atoms with E-state index in [-0.39, 0.29) is 44.1 Å². The molecule has 1 amide bonds. The molecule has 1 saturated heterocycles. The third kappa shape index (κ3) is 3.79. The second-order valence-electron chi connectivity index (χ2n) is 1.76. The molecule has 0 spiro atoms. The van der Waals surface area contributed by atoms with Gasteiger partial charge in [-0.3, -0.25) is 4.79 Å². The Bertz CT molecular complexity index is 162. The summed E-state index contributed by atoms with van der Waals surface area (Å²) in [6, 6.07) is -0.822. The quantitative estimate of drug-likeness (QED) is 0.292. The predicted molar refractivity (Wildman–Crippen MR) is 28.7 cm³/mol. The summed E-state index contributed by atoms with van der Waals surface area (Å²) in [5, 5.41) is 11.6. The van der Waals surface area contributed by atoms with Crippen LogP contribution in [0.3, 0.4) is 0 Å². The van der Waals surface area contributed by atoms with Gasteiger partial charge in [0.15, 0.2) is 0 Å². The van der Waals surface area contributed by atoms with Gasteiger partial charge in [0.05, 0.1) is 0 Å². The zero-order chi connectivity index (χ0) is 6.85. The van der Waals surface area contributed by atoms with Crippen molar-refractivity contribution in [3.8, 4) is 0 Å². The number of amides is 1. The Hall–Kier alpha value is 0.00481. The monoisotopic (exact) mass is 141 g/mol. The minimum atomic E-state index is -1.03. The molecule has 4 nitrogen and oxygen atoms in total. The third-order valence-corrected chi connectivity index (χ3v) is 1.08. The molecule has 0 aromatic carbocycles. The number of aliphatic carboxylic acids is 1. The Morgan fingerprint density at radius 3 is 2.36 bits per heavy atom. The maximum atomic E-state index is 10.3. The molecule has 1 rings (SSSR count). The first-order valence-electron chi connectivity index (χ1n) is 2.51. The SMILES string of the molecule is O=C1[CH-]CC(C(=O)O)[N-]1.[Li+].[Li+]. The molecule has 0 aromatic heterocycles. The molecular formula is C5H5Li2NO3. The number of carbonyl (C=O) groups excluding carboxylic acids is 1.